The molecular formula is C19H24BrN5O2S. The number of unbranched alkanes of at least 4 members (excludes halogenated alkanes) is 1. The van der Waals surface area contributed by atoms with E-state index < -0.39 is 10.0 Å². The molecule has 0 saturated heterocycles. The summed E-state index contributed by atoms with van der Waals surface area (Å²) in [5, 5.41) is 13.9. The molecule has 150 valence electrons. The molecule has 1 aromatic heterocycles. The summed E-state index contributed by atoms with van der Waals surface area (Å²) in [5.74, 6) is 2.02. The van der Waals surface area contributed by atoms with Crippen molar-refractivity contribution in [2.24, 2.45) is 17.8 Å². The Balaban J connectivity index is 1.39. The van der Waals surface area contributed by atoms with Crippen LogP contribution in [-0.2, 0) is 16.4 Å². The van der Waals surface area contributed by atoms with Gasteiger partial charge in [-0.15, -0.1) is 10.2 Å². The zero-order valence-electron chi connectivity index (χ0n) is 15.5. The van der Waals surface area contributed by atoms with E-state index in [1.807, 2.05) is 0 Å². The third-order valence-corrected chi connectivity index (χ3v) is 7.92. The second kappa shape index (κ2) is 8.42. The van der Waals surface area contributed by atoms with Gasteiger partial charge in [0.2, 0.25) is 10.0 Å². The fourth-order valence-electron chi connectivity index (χ4n) is 4.57. The highest BCUT2D eigenvalue weighted by Crippen LogP contribution is 2.49. The number of nitrogens with one attached hydrogen (secondary N) is 2. The maximum atomic E-state index is 12.9. The van der Waals surface area contributed by atoms with Crippen LogP contribution in [0.1, 0.15) is 37.9 Å². The molecule has 2 fully saturated rings. The first kappa shape index (κ1) is 19.7. The molecule has 2 saturated carbocycles. The number of hydrogen-bond acceptors (Lipinski definition) is 5. The first-order chi connectivity index (χ1) is 13.5. The van der Waals surface area contributed by atoms with Gasteiger partial charge in [-0.2, -0.15) is 5.21 Å². The largest absolute Gasteiger partial charge is 0.240 e. The number of aromatic nitrogens is 4. The summed E-state index contributed by atoms with van der Waals surface area (Å²) in [6.07, 6.45) is 10.5. The Morgan fingerprint density at radius 1 is 1.21 bits per heavy atom. The highest BCUT2D eigenvalue weighted by atomic mass is 79.9. The van der Waals surface area contributed by atoms with Crippen LogP contribution in [0, 0.1) is 17.8 Å². The van der Waals surface area contributed by atoms with Gasteiger partial charge in [0.1, 0.15) is 0 Å². The Bertz CT molecular complexity index is 914. The molecule has 0 spiro atoms. The Kier molecular flexibility index (Phi) is 5.93. The van der Waals surface area contributed by atoms with Gasteiger partial charge in [0.25, 0.3) is 0 Å². The van der Waals surface area contributed by atoms with Gasteiger partial charge in [-0.25, -0.2) is 13.1 Å². The van der Waals surface area contributed by atoms with E-state index in [0.29, 0.717) is 16.7 Å². The standard InChI is InChI=1S/C19H24BrN5O2S/c20-15-8-10-16(11-9-15)28(26,27)23-19-14-7-6-13(12-14)17(19)4-2-1-3-5-18-21-24-25-22-18/h2,4,8-11,13-14,17,19,23H,1,3,5-7,12H2,(H,21,22,24,25)/t13-,14+,17+,19+/m1/s1. The molecule has 1 heterocycles. The van der Waals surface area contributed by atoms with Crippen LogP contribution in [0.5, 0.6) is 0 Å². The summed E-state index contributed by atoms with van der Waals surface area (Å²) >= 11 is 3.35. The molecule has 2 N–H and O–H groups in total. The normalized spacial score (nSPS) is 27.0. The summed E-state index contributed by atoms with van der Waals surface area (Å²) in [4.78, 5) is 0.321. The van der Waals surface area contributed by atoms with Crippen molar-refractivity contribution in [3.63, 3.8) is 0 Å². The lowest BCUT2D eigenvalue weighted by Crippen LogP contribution is -2.43. The topological polar surface area (TPSA) is 101 Å². The van der Waals surface area contributed by atoms with Crippen molar-refractivity contribution in [2.45, 2.75) is 49.5 Å². The molecule has 0 aliphatic heterocycles. The number of allylic oxidation sites excluding steroid dienone is 1. The third-order valence-electron chi connectivity index (χ3n) is 5.91. The number of nitrogens with zero attached hydrogens (tertiary/aromatic N) is 3. The summed E-state index contributed by atoms with van der Waals surface area (Å²) in [6, 6.07) is 6.79. The fraction of sp³-hybridized carbons (Fsp3) is 0.526. The van der Waals surface area contributed by atoms with Crippen LogP contribution >= 0.6 is 15.9 Å². The predicted molar refractivity (Wildman–Crippen MR) is 109 cm³/mol. The van der Waals surface area contributed by atoms with E-state index in [9.17, 15) is 8.42 Å². The molecule has 0 unspecified atom stereocenters. The summed E-state index contributed by atoms with van der Waals surface area (Å²) in [5.41, 5.74) is 0. The molecule has 4 atom stereocenters. The molecule has 2 aliphatic carbocycles. The van der Waals surface area contributed by atoms with Gasteiger partial charge in [-0.3, -0.25) is 0 Å². The second-order valence-electron chi connectivity index (χ2n) is 7.66. The van der Waals surface area contributed by atoms with Crippen LogP contribution in [0.15, 0.2) is 45.8 Å². The van der Waals surface area contributed by atoms with E-state index in [-0.39, 0.29) is 12.0 Å². The van der Waals surface area contributed by atoms with Gasteiger partial charge in [-0.05, 0) is 74.1 Å². The van der Waals surface area contributed by atoms with Crippen LogP contribution in [0.2, 0.25) is 0 Å². The van der Waals surface area contributed by atoms with E-state index in [1.165, 1.54) is 6.42 Å². The third kappa shape index (κ3) is 4.36. The Labute approximate surface area is 173 Å². The average molecular weight is 466 g/mol. The summed E-state index contributed by atoms with van der Waals surface area (Å²) in [7, 11) is -3.51. The molecule has 0 amide bonds. The smallest absolute Gasteiger partial charge is 0.207 e. The van der Waals surface area contributed by atoms with Crippen LogP contribution in [0.3, 0.4) is 0 Å². The molecule has 2 aromatic rings. The number of tetrazole rings is 1. The van der Waals surface area contributed by atoms with Gasteiger partial charge in [0.05, 0.1) is 4.90 Å². The van der Waals surface area contributed by atoms with Crippen molar-refractivity contribution in [1.29, 1.82) is 0 Å². The molecule has 7 nitrogen and oxygen atoms in total. The zero-order chi connectivity index (χ0) is 19.6. The number of halogens is 1. The Morgan fingerprint density at radius 2 is 2.00 bits per heavy atom. The molecule has 2 aliphatic rings. The molecular weight excluding hydrogens is 442 g/mol. The lowest BCUT2D eigenvalue weighted by molar-refractivity contribution is 0.320. The minimum absolute atomic E-state index is 0.0131. The van der Waals surface area contributed by atoms with E-state index in [4.69, 9.17) is 0 Å². The van der Waals surface area contributed by atoms with Crippen molar-refractivity contribution in [3.8, 4) is 0 Å². The Morgan fingerprint density at radius 3 is 2.75 bits per heavy atom. The van der Waals surface area contributed by atoms with Gasteiger partial charge in [0.15, 0.2) is 5.82 Å². The van der Waals surface area contributed by atoms with Gasteiger partial charge >= 0.3 is 0 Å². The van der Waals surface area contributed by atoms with Gasteiger partial charge in [-0.1, -0.05) is 33.3 Å². The zero-order valence-corrected chi connectivity index (χ0v) is 17.9. The average Bonchev–Trinajstić information content (AvgIpc) is 3.40. The second-order valence-corrected chi connectivity index (χ2v) is 10.3. The minimum Gasteiger partial charge on any atom is -0.207 e. The van der Waals surface area contributed by atoms with E-state index >= 15 is 0 Å². The van der Waals surface area contributed by atoms with Crippen LogP contribution in [-0.4, -0.2) is 35.1 Å². The van der Waals surface area contributed by atoms with E-state index in [0.717, 1.165) is 42.4 Å². The Hall–Kier alpha value is -1.58. The first-order valence-electron chi connectivity index (χ1n) is 9.70. The van der Waals surface area contributed by atoms with Crippen molar-refractivity contribution < 1.29 is 8.42 Å². The van der Waals surface area contributed by atoms with Crippen LogP contribution in [0.25, 0.3) is 0 Å². The van der Waals surface area contributed by atoms with Crippen molar-refractivity contribution in [3.05, 3.63) is 46.7 Å². The monoisotopic (exact) mass is 465 g/mol. The lowest BCUT2D eigenvalue weighted by Gasteiger charge is -2.29. The minimum atomic E-state index is -3.51. The van der Waals surface area contributed by atoms with E-state index in [1.54, 1.807) is 24.3 Å². The van der Waals surface area contributed by atoms with Crippen LogP contribution in [0.4, 0.5) is 0 Å². The van der Waals surface area contributed by atoms with Crippen molar-refractivity contribution >= 4 is 26.0 Å². The molecule has 2 bridgehead atoms. The SMILES string of the molecule is O=S(=O)(N[C@H]1[C@H]2CC[C@H](C2)[C@@H]1C=CCCCc1nn[nH]n1)c1ccc(Br)cc1. The van der Waals surface area contributed by atoms with Crippen molar-refractivity contribution in [2.75, 3.05) is 0 Å². The summed E-state index contributed by atoms with van der Waals surface area (Å²) in [6.45, 7) is 0. The quantitative estimate of drug-likeness (QED) is 0.460. The van der Waals surface area contributed by atoms with Crippen molar-refractivity contribution in [1.82, 2.24) is 25.3 Å². The molecule has 0 radical (unpaired) electrons. The highest BCUT2D eigenvalue weighted by molar-refractivity contribution is 9.10. The highest BCUT2D eigenvalue weighted by Gasteiger charge is 2.47. The van der Waals surface area contributed by atoms with Gasteiger partial charge < -0.3 is 0 Å². The first-order valence-corrected chi connectivity index (χ1v) is 12.0. The number of fused-ring (bicyclic) bond motifs is 2. The van der Waals surface area contributed by atoms with E-state index in [2.05, 4.69) is 53.4 Å². The lowest BCUT2D eigenvalue weighted by atomic mass is 9.84. The molecule has 28 heavy (non-hydrogen) atoms. The maximum absolute atomic E-state index is 12.9. The number of H-pyrrole nitrogens is 1. The number of hydrogen-bond donors (Lipinski definition) is 2. The maximum Gasteiger partial charge on any atom is 0.240 e. The number of benzene rings is 1. The molecule has 1 aromatic carbocycles. The van der Waals surface area contributed by atoms with Gasteiger partial charge in [0, 0.05) is 16.9 Å². The number of sulfonamides is 1. The number of aromatic amines is 1. The number of aryl methyl sites for hydroxylation is 1. The molecule has 4 rings (SSSR count). The molecule has 9 heteroatoms. The summed E-state index contributed by atoms with van der Waals surface area (Å²) < 4.78 is 29.6. The fourth-order valence-corrected chi connectivity index (χ4v) is 6.17. The van der Waals surface area contributed by atoms with Crippen LogP contribution < -0.4 is 4.72 Å². The number of rotatable bonds is 8. The predicted octanol–water partition coefficient (Wildman–Crippen LogP) is 3.23.